The predicted molar refractivity (Wildman–Crippen MR) is 118 cm³/mol. The maximum atomic E-state index is 12.8. The Morgan fingerprint density at radius 3 is 2.52 bits per heavy atom. The Bertz CT molecular complexity index is 916. The number of benzene rings is 1. The smallest absolute Gasteiger partial charge is 0.253 e. The number of amides is 1. The molecule has 2 aliphatic rings. The number of anilines is 1. The molecule has 0 bridgehead atoms. The number of nitrogens with one attached hydrogen (secondary N) is 1. The van der Waals surface area contributed by atoms with Gasteiger partial charge in [0.15, 0.2) is 0 Å². The molecule has 2 N–H and O–H groups in total. The van der Waals surface area contributed by atoms with E-state index in [0.29, 0.717) is 22.5 Å². The molecule has 1 aliphatic carbocycles. The van der Waals surface area contributed by atoms with Crippen LogP contribution >= 0.6 is 11.6 Å². The molecule has 1 aromatic carbocycles. The molecule has 1 amide bonds. The predicted octanol–water partition coefficient (Wildman–Crippen LogP) is 4.55. The van der Waals surface area contributed by atoms with Crippen LogP contribution in [-0.4, -0.2) is 40.2 Å². The maximum Gasteiger partial charge on any atom is 0.253 e. The molecular formula is C23H30ClN3O2. The van der Waals surface area contributed by atoms with E-state index in [1.165, 1.54) is 6.42 Å². The summed E-state index contributed by atoms with van der Waals surface area (Å²) in [7, 11) is 0. The average Bonchev–Trinajstić information content (AvgIpc) is 2.66. The summed E-state index contributed by atoms with van der Waals surface area (Å²) in [5, 5.41) is 14.9. The lowest BCUT2D eigenvalue weighted by Crippen LogP contribution is -2.45. The van der Waals surface area contributed by atoms with Gasteiger partial charge in [-0.2, -0.15) is 0 Å². The van der Waals surface area contributed by atoms with Crippen LogP contribution in [0.5, 0.6) is 0 Å². The van der Waals surface area contributed by atoms with E-state index in [9.17, 15) is 9.90 Å². The van der Waals surface area contributed by atoms with E-state index in [1.54, 1.807) is 6.20 Å². The van der Waals surface area contributed by atoms with Crippen LogP contribution in [0.25, 0.3) is 10.9 Å². The van der Waals surface area contributed by atoms with Gasteiger partial charge in [-0.1, -0.05) is 11.6 Å². The summed E-state index contributed by atoms with van der Waals surface area (Å²) in [4.78, 5) is 19.6. The molecule has 0 spiro atoms. The fourth-order valence-corrected chi connectivity index (χ4v) is 4.85. The van der Waals surface area contributed by atoms with Gasteiger partial charge in [0.25, 0.3) is 5.91 Å². The second-order valence-corrected chi connectivity index (χ2v) is 9.63. The largest absolute Gasteiger partial charge is 0.390 e. The van der Waals surface area contributed by atoms with Crippen LogP contribution in [0.1, 0.15) is 63.2 Å². The fraction of sp³-hybridized carbons (Fsp3) is 0.565. The lowest BCUT2D eigenvalue weighted by atomic mass is 9.77. The lowest BCUT2D eigenvalue weighted by molar-refractivity contribution is -0.00257. The molecule has 6 heteroatoms. The van der Waals surface area contributed by atoms with Gasteiger partial charge in [0.05, 0.1) is 27.4 Å². The lowest BCUT2D eigenvalue weighted by Gasteiger charge is -2.41. The number of carbonyl (C=O) groups is 1. The summed E-state index contributed by atoms with van der Waals surface area (Å²) in [6, 6.07) is 6.45. The molecule has 4 rings (SSSR count). The molecule has 1 atom stereocenters. The third-order valence-electron chi connectivity index (χ3n) is 6.70. The molecule has 5 nitrogen and oxygen atoms in total. The molecule has 29 heavy (non-hydrogen) atoms. The molecular weight excluding hydrogens is 386 g/mol. The van der Waals surface area contributed by atoms with E-state index < -0.39 is 5.60 Å². The minimum Gasteiger partial charge on any atom is -0.390 e. The number of aliphatic hydroxyl groups is 1. The first kappa shape index (κ1) is 20.4. The van der Waals surface area contributed by atoms with Crippen LogP contribution in [0.2, 0.25) is 5.02 Å². The molecule has 2 fully saturated rings. The third-order valence-corrected chi connectivity index (χ3v) is 7.01. The Balaban J connectivity index is 1.45. The van der Waals surface area contributed by atoms with E-state index in [-0.39, 0.29) is 11.9 Å². The number of halogens is 1. The normalized spacial score (nSPS) is 25.0. The van der Waals surface area contributed by atoms with Gasteiger partial charge in [-0.3, -0.25) is 9.78 Å². The van der Waals surface area contributed by atoms with E-state index in [4.69, 9.17) is 11.6 Å². The first-order valence-electron chi connectivity index (χ1n) is 10.6. The van der Waals surface area contributed by atoms with Gasteiger partial charge < -0.3 is 15.3 Å². The topological polar surface area (TPSA) is 65.5 Å². The zero-order chi connectivity index (χ0) is 20.8. The summed E-state index contributed by atoms with van der Waals surface area (Å²) in [5.74, 6) is 0.200. The Hall–Kier alpha value is -1.85. The summed E-state index contributed by atoms with van der Waals surface area (Å²) < 4.78 is 0. The van der Waals surface area contributed by atoms with E-state index >= 15 is 0 Å². The van der Waals surface area contributed by atoms with Gasteiger partial charge in [0, 0.05) is 30.2 Å². The van der Waals surface area contributed by atoms with Crippen molar-refractivity contribution in [3.63, 3.8) is 0 Å². The monoisotopic (exact) mass is 415 g/mol. The van der Waals surface area contributed by atoms with Crippen LogP contribution in [0, 0.1) is 5.92 Å². The second-order valence-electron chi connectivity index (χ2n) is 9.23. The molecule has 2 heterocycles. The van der Waals surface area contributed by atoms with E-state index in [0.717, 1.165) is 48.8 Å². The van der Waals surface area contributed by atoms with Crippen LogP contribution in [0.4, 0.5) is 5.69 Å². The van der Waals surface area contributed by atoms with Crippen LogP contribution < -0.4 is 10.2 Å². The quantitative estimate of drug-likeness (QED) is 0.768. The molecule has 1 saturated heterocycles. The zero-order valence-corrected chi connectivity index (χ0v) is 18.2. The highest BCUT2D eigenvalue weighted by atomic mass is 35.5. The van der Waals surface area contributed by atoms with Crippen molar-refractivity contribution in [1.29, 1.82) is 0 Å². The van der Waals surface area contributed by atoms with E-state index in [2.05, 4.69) is 22.1 Å². The number of carbonyl (C=O) groups excluding carboxylic acids is 1. The molecule has 2 aromatic rings. The molecule has 156 valence electrons. The van der Waals surface area contributed by atoms with Gasteiger partial charge in [-0.05, 0) is 77.0 Å². The highest BCUT2D eigenvalue weighted by molar-refractivity contribution is 6.34. The number of hydrogen-bond acceptors (Lipinski definition) is 4. The number of aromatic nitrogens is 1. The minimum atomic E-state index is -0.650. The average molecular weight is 416 g/mol. The summed E-state index contributed by atoms with van der Waals surface area (Å²) in [5.41, 5.74) is 1.78. The SMILES string of the molecule is C[C@H]1CCN1c1cc2ncc(C(=O)N[C@H]3CC[C@H](C(C)(C)O)CC3)cc2cc1Cl. The summed E-state index contributed by atoms with van der Waals surface area (Å²) in [6.07, 6.45) is 6.47. The highest BCUT2D eigenvalue weighted by Gasteiger charge is 2.32. The second kappa shape index (κ2) is 7.77. The Morgan fingerprint density at radius 2 is 1.93 bits per heavy atom. The standard InChI is InChI=1S/C23H30ClN3O2/c1-14-8-9-27(14)21-12-20-15(11-19(21)24)10-16(13-25-20)22(28)26-18-6-4-17(5-7-18)23(2,3)29/h10-14,17-18,29H,4-9H2,1-3H3,(H,26,28)/t14-,17-,18-/m0/s1. The van der Waals surface area contributed by atoms with Gasteiger partial charge in [-0.15, -0.1) is 0 Å². The van der Waals surface area contributed by atoms with Crippen LogP contribution in [0.15, 0.2) is 24.4 Å². The Labute approximate surface area is 177 Å². The fourth-order valence-electron chi connectivity index (χ4n) is 4.57. The van der Waals surface area contributed by atoms with Gasteiger partial charge >= 0.3 is 0 Å². The Morgan fingerprint density at radius 1 is 1.21 bits per heavy atom. The third kappa shape index (κ3) is 4.22. The summed E-state index contributed by atoms with van der Waals surface area (Å²) in [6.45, 7) is 6.95. The Kier molecular flexibility index (Phi) is 5.47. The van der Waals surface area contributed by atoms with Crippen LogP contribution in [-0.2, 0) is 0 Å². The first-order chi connectivity index (χ1) is 13.7. The number of rotatable bonds is 4. The zero-order valence-electron chi connectivity index (χ0n) is 17.4. The van der Waals surface area contributed by atoms with Crippen LogP contribution in [0.3, 0.4) is 0 Å². The van der Waals surface area contributed by atoms with Crippen molar-refractivity contribution < 1.29 is 9.90 Å². The van der Waals surface area contributed by atoms with Crippen molar-refractivity contribution in [2.24, 2.45) is 5.92 Å². The molecule has 0 unspecified atom stereocenters. The maximum absolute atomic E-state index is 12.8. The molecule has 1 saturated carbocycles. The van der Waals surface area contributed by atoms with E-state index in [1.807, 2.05) is 32.0 Å². The van der Waals surface area contributed by atoms with Crippen molar-refractivity contribution >= 4 is 34.1 Å². The highest BCUT2D eigenvalue weighted by Crippen LogP contribution is 2.36. The number of pyridine rings is 1. The van der Waals surface area contributed by atoms with Gasteiger partial charge in [-0.25, -0.2) is 0 Å². The number of nitrogens with zero attached hydrogens (tertiary/aromatic N) is 2. The molecule has 1 aromatic heterocycles. The minimum absolute atomic E-state index is 0.0947. The number of fused-ring (bicyclic) bond motifs is 1. The molecule has 0 radical (unpaired) electrons. The van der Waals surface area contributed by atoms with Gasteiger partial charge in [0.2, 0.25) is 0 Å². The van der Waals surface area contributed by atoms with Crippen molar-refractivity contribution in [3.05, 3.63) is 35.0 Å². The summed E-state index contributed by atoms with van der Waals surface area (Å²) >= 11 is 6.52. The van der Waals surface area contributed by atoms with Crippen molar-refractivity contribution in [2.75, 3.05) is 11.4 Å². The van der Waals surface area contributed by atoms with Crippen molar-refractivity contribution in [1.82, 2.24) is 10.3 Å². The molecule has 1 aliphatic heterocycles. The number of hydrogen-bond donors (Lipinski definition) is 2. The van der Waals surface area contributed by atoms with Crippen molar-refractivity contribution in [3.8, 4) is 0 Å². The van der Waals surface area contributed by atoms with Gasteiger partial charge in [0.1, 0.15) is 0 Å². The first-order valence-corrected chi connectivity index (χ1v) is 11.0. The van der Waals surface area contributed by atoms with Crippen molar-refractivity contribution in [2.45, 2.75) is 70.6 Å².